The van der Waals surface area contributed by atoms with E-state index in [1.165, 1.54) is 0 Å². The maximum Gasteiger partial charge on any atom is 0.265 e. The van der Waals surface area contributed by atoms with E-state index >= 15 is 0 Å². The zero-order chi connectivity index (χ0) is 20.1. The Morgan fingerprint density at radius 2 is 1.71 bits per heavy atom. The van der Waals surface area contributed by atoms with Crippen LogP contribution in [0.15, 0.2) is 42.5 Å². The zero-order valence-corrected chi connectivity index (χ0v) is 16.5. The molecule has 0 saturated carbocycles. The molecule has 1 atom stereocenters. The van der Waals surface area contributed by atoms with E-state index < -0.39 is 6.10 Å². The molecule has 1 aliphatic heterocycles. The quantitative estimate of drug-likeness (QED) is 0.862. The lowest BCUT2D eigenvalue weighted by Crippen LogP contribution is -2.41. The first-order valence-corrected chi connectivity index (χ1v) is 9.46. The van der Waals surface area contributed by atoms with Crippen molar-refractivity contribution in [2.45, 2.75) is 26.9 Å². The Morgan fingerprint density at radius 1 is 1.07 bits per heavy atom. The van der Waals surface area contributed by atoms with Crippen molar-refractivity contribution >= 4 is 17.5 Å². The lowest BCUT2D eigenvalue weighted by atomic mass is 10.1. The number of ether oxygens (including phenoxy) is 2. The Hall–Kier alpha value is -2.86. The number of amides is 2. The molecule has 1 saturated heterocycles. The van der Waals surface area contributed by atoms with Crippen molar-refractivity contribution in [2.24, 2.45) is 0 Å². The number of hydrogen-bond donors (Lipinski definition) is 1. The second-order valence-corrected chi connectivity index (χ2v) is 7.02. The van der Waals surface area contributed by atoms with Gasteiger partial charge in [-0.15, -0.1) is 0 Å². The van der Waals surface area contributed by atoms with Gasteiger partial charge in [-0.1, -0.05) is 18.2 Å². The van der Waals surface area contributed by atoms with Crippen LogP contribution < -0.4 is 10.1 Å². The van der Waals surface area contributed by atoms with Gasteiger partial charge in [0, 0.05) is 13.1 Å². The number of anilines is 1. The van der Waals surface area contributed by atoms with Gasteiger partial charge in [0.2, 0.25) is 0 Å². The molecule has 6 nitrogen and oxygen atoms in total. The molecule has 0 aliphatic carbocycles. The van der Waals surface area contributed by atoms with Crippen LogP contribution in [0.25, 0.3) is 0 Å². The minimum absolute atomic E-state index is 0.109. The molecule has 148 valence electrons. The van der Waals surface area contributed by atoms with Crippen LogP contribution in [-0.2, 0) is 9.53 Å². The fourth-order valence-electron chi connectivity index (χ4n) is 3.21. The highest BCUT2D eigenvalue weighted by molar-refractivity contribution is 6.04. The summed E-state index contributed by atoms with van der Waals surface area (Å²) in [6, 6.07) is 12.9. The van der Waals surface area contributed by atoms with E-state index in [0.29, 0.717) is 43.3 Å². The highest BCUT2D eigenvalue weighted by atomic mass is 16.5. The monoisotopic (exact) mass is 382 g/mol. The van der Waals surface area contributed by atoms with Crippen LogP contribution in [0.3, 0.4) is 0 Å². The van der Waals surface area contributed by atoms with E-state index in [2.05, 4.69) is 5.32 Å². The maximum absolute atomic E-state index is 12.8. The number of carbonyl (C=O) groups excluding carboxylic acids is 2. The molecule has 1 fully saturated rings. The highest BCUT2D eigenvalue weighted by Gasteiger charge is 2.23. The van der Waals surface area contributed by atoms with Crippen molar-refractivity contribution in [3.8, 4) is 5.75 Å². The highest BCUT2D eigenvalue weighted by Crippen LogP contribution is 2.21. The van der Waals surface area contributed by atoms with E-state index in [9.17, 15) is 9.59 Å². The van der Waals surface area contributed by atoms with E-state index in [1.807, 2.05) is 32.0 Å². The molecule has 0 spiro atoms. The minimum Gasteiger partial charge on any atom is -0.481 e. The Bertz CT molecular complexity index is 839. The van der Waals surface area contributed by atoms with E-state index in [-0.39, 0.29) is 11.8 Å². The van der Waals surface area contributed by atoms with Crippen molar-refractivity contribution in [3.63, 3.8) is 0 Å². The smallest absolute Gasteiger partial charge is 0.265 e. The van der Waals surface area contributed by atoms with E-state index in [4.69, 9.17) is 9.47 Å². The zero-order valence-electron chi connectivity index (χ0n) is 16.5. The molecule has 2 aromatic rings. The van der Waals surface area contributed by atoms with Crippen LogP contribution in [0.4, 0.5) is 5.69 Å². The summed E-state index contributed by atoms with van der Waals surface area (Å²) >= 11 is 0. The maximum atomic E-state index is 12.8. The Kier molecular flexibility index (Phi) is 6.31. The molecule has 1 heterocycles. The number of rotatable bonds is 5. The normalized spacial score (nSPS) is 15.0. The van der Waals surface area contributed by atoms with Gasteiger partial charge in [0.1, 0.15) is 5.75 Å². The molecule has 1 unspecified atom stereocenters. The third kappa shape index (κ3) is 4.89. The topological polar surface area (TPSA) is 67.9 Å². The number of nitrogens with one attached hydrogen (secondary N) is 1. The third-order valence-electron chi connectivity index (χ3n) is 4.59. The predicted octanol–water partition coefficient (Wildman–Crippen LogP) is 3.18. The van der Waals surface area contributed by atoms with Gasteiger partial charge in [0.25, 0.3) is 11.8 Å². The summed E-state index contributed by atoms with van der Waals surface area (Å²) in [5, 5.41) is 2.84. The van der Waals surface area contributed by atoms with Gasteiger partial charge in [-0.05, 0) is 56.2 Å². The molecule has 0 aromatic heterocycles. The van der Waals surface area contributed by atoms with Crippen molar-refractivity contribution in [1.29, 1.82) is 0 Å². The number of aryl methyl sites for hydroxylation is 2. The summed E-state index contributed by atoms with van der Waals surface area (Å²) in [6.07, 6.45) is -0.701. The second kappa shape index (κ2) is 8.89. The summed E-state index contributed by atoms with van der Waals surface area (Å²) in [4.78, 5) is 27.2. The van der Waals surface area contributed by atoms with Gasteiger partial charge in [-0.25, -0.2) is 0 Å². The standard InChI is InChI=1S/C22H26N2O4/c1-15-12-16(2)14-18(13-15)28-17(3)21(25)23-20-7-5-4-6-19(20)22(26)24-8-10-27-11-9-24/h4-7,12-14,17H,8-11H2,1-3H3,(H,23,25). The molecule has 1 aliphatic rings. The van der Waals surface area contributed by atoms with Gasteiger partial charge >= 0.3 is 0 Å². The first-order chi connectivity index (χ1) is 13.4. The largest absolute Gasteiger partial charge is 0.481 e. The fourth-order valence-corrected chi connectivity index (χ4v) is 3.21. The number of carbonyl (C=O) groups is 2. The molecular formula is C22H26N2O4. The SMILES string of the molecule is Cc1cc(C)cc(OC(C)C(=O)Nc2ccccc2C(=O)N2CCOCC2)c1. The van der Waals surface area contributed by atoms with Gasteiger partial charge < -0.3 is 19.7 Å². The molecule has 1 N–H and O–H groups in total. The third-order valence-corrected chi connectivity index (χ3v) is 4.59. The van der Waals surface area contributed by atoms with Crippen LogP contribution in [0, 0.1) is 13.8 Å². The van der Waals surface area contributed by atoms with E-state index in [0.717, 1.165) is 11.1 Å². The van der Waals surface area contributed by atoms with Gasteiger partial charge in [0.05, 0.1) is 24.5 Å². The van der Waals surface area contributed by atoms with Crippen molar-refractivity contribution < 1.29 is 19.1 Å². The van der Waals surface area contributed by atoms with Crippen molar-refractivity contribution in [2.75, 3.05) is 31.6 Å². The average molecular weight is 382 g/mol. The summed E-state index contributed by atoms with van der Waals surface area (Å²) in [5.74, 6) is 0.237. The predicted molar refractivity (Wildman–Crippen MR) is 108 cm³/mol. The first-order valence-electron chi connectivity index (χ1n) is 9.46. The van der Waals surface area contributed by atoms with Crippen LogP contribution in [-0.4, -0.2) is 49.1 Å². The van der Waals surface area contributed by atoms with Crippen LogP contribution >= 0.6 is 0 Å². The van der Waals surface area contributed by atoms with Gasteiger partial charge in [-0.2, -0.15) is 0 Å². The van der Waals surface area contributed by atoms with Gasteiger partial charge in [-0.3, -0.25) is 9.59 Å². The Morgan fingerprint density at radius 3 is 2.39 bits per heavy atom. The van der Waals surface area contributed by atoms with Crippen LogP contribution in [0.1, 0.15) is 28.4 Å². The lowest BCUT2D eigenvalue weighted by Gasteiger charge is -2.27. The molecular weight excluding hydrogens is 356 g/mol. The number of benzene rings is 2. The molecule has 3 rings (SSSR count). The summed E-state index contributed by atoms with van der Waals surface area (Å²) in [5.41, 5.74) is 3.10. The number of para-hydroxylation sites is 1. The van der Waals surface area contributed by atoms with Crippen LogP contribution in [0.5, 0.6) is 5.75 Å². The lowest BCUT2D eigenvalue weighted by molar-refractivity contribution is -0.122. The second-order valence-electron chi connectivity index (χ2n) is 7.02. The molecule has 2 aromatic carbocycles. The molecule has 0 bridgehead atoms. The average Bonchev–Trinajstić information content (AvgIpc) is 2.67. The molecule has 0 radical (unpaired) electrons. The summed E-state index contributed by atoms with van der Waals surface area (Å²) in [6.45, 7) is 7.82. The van der Waals surface area contributed by atoms with Crippen molar-refractivity contribution in [3.05, 3.63) is 59.2 Å². The Labute approximate surface area is 165 Å². The first kappa shape index (κ1) is 19.9. The molecule has 6 heteroatoms. The van der Waals surface area contributed by atoms with Crippen molar-refractivity contribution in [1.82, 2.24) is 4.90 Å². The summed E-state index contributed by atoms with van der Waals surface area (Å²) in [7, 11) is 0. The Balaban J connectivity index is 1.70. The van der Waals surface area contributed by atoms with Crippen LogP contribution in [0.2, 0.25) is 0 Å². The van der Waals surface area contributed by atoms with E-state index in [1.54, 1.807) is 36.1 Å². The van der Waals surface area contributed by atoms with Gasteiger partial charge in [0.15, 0.2) is 6.10 Å². The number of hydrogen-bond acceptors (Lipinski definition) is 4. The molecule has 2 amide bonds. The fraction of sp³-hybridized carbons (Fsp3) is 0.364. The molecule has 28 heavy (non-hydrogen) atoms. The number of nitrogens with zero attached hydrogens (tertiary/aromatic N) is 1. The number of morpholine rings is 1. The minimum atomic E-state index is -0.701. The summed E-state index contributed by atoms with van der Waals surface area (Å²) < 4.78 is 11.1.